The zero-order valence-electron chi connectivity index (χ0n) is 26.9. The van der Waals surface area contributed by atoms with Gasteiger partial charge in [0.15, 0.2) is 0 Å². The van der Waals surface area contributed by atoms with Crippen molar-refractivity contribution in [2.75, 3.05) is 39.3 Å². The number of amides is 5. The SMILES string of the molecule is NCCCC[C@H](NC(=O)CNC(=O)[C@@H]1CCCN1)C(=O)N[C@@H](CCCCN)C(=O)N[C@@H](CCCCN)C(=O)N1CCC[C@H]1C(=O)O. The lowest BCUT2D eigenvalue weighted by atomic mass is 10.0. The summed E-state index contributed by atoms with van der Waals surface area (Å²) >= 11 is 0. The van der Waals surface area contributed by atoms with Crippen LogP contribution in [-0.4, -0.2) is 115 Å². The Balaban J connectivity index is 2.14. The maximum absolute atomic E-state index is 13.6. The largest absolute Gasteiger partial charge is 0.480 e. The Morgan fingerprint density at radius 3 is 1.80 bits per heavy atom. The molecule has 0 aromatic rings. The minimum atomic E-state index is -1.10. The van der Waals surface area contributed by atoms with Crippen molar-refractivity contribution < 1.29 is 33.9 Å². The average Bonchev–Trinajstić information content (AvgIpc) is 3.75. The minimum Gasteiger partial charge on any atom is -0.480 e. The molecule has 2 fully saturated rings. The summed E-state index contributed by atoms with van der Waals surface area (Å²) in [4.78, 5) is 78.7. The van der Waals surface area contributed by atoms with Gasteiger partial charge in [0, 0.05) is 6.54 Å². The molecule has 0 bridgehead atoms. The fourth-order valence-corrected chi connectivity index (χ4v) is 5.75. The third-order valence-electron chi connectivity index (χ3n) is 8.36. The van der Waals surface area contributed by atoms with Gasteiger partial charge in [-0.05, 0) is 110 Å². The first kappa shape index (κ1) is 38.8. The van der Waals surface area contributed by atoms with Crippen LogP contribution in [0.15, 0.2) is 0 Å². The average molecular weight is 654 g/mol. The molecule has 5 amide bonds. The van der Waals surface area contributed by atoms with Gasteiger partial charge >= 0.3 is 5.97 Å². The molecule has 46 heavy (non-hydrogen) atoms. The maximum Gasteiger partial charge on any atom is 0.326 e. The highest BCUT2D eigenvalue weighted by molar-refractivity contribution is 5.95. The first-order valence-corrected chi connectivity index (χ1v) is 16.7. The number of carbonyl (C=O) groups is 6. The van der Waals surface area contributed by atoms with Crippen molar-refractivity contribution in [3.05, 3.63) is 0 Å². The first-order chi connectivity index (χ1) is 22.1. The van der Waals surface area contributed by atoms with E-state index in [2.05, 4.69) is 26.6 Å². The highest BCUT2D eigenvalue weighted by Gasteiger charge is 2.38. The van der Waals surface area contributed by atoms with Crippen LogP contribution in [0.2, 0.25) is 0 Å². The molecule has 0 aliphatic carbocycles. The zero-order chi connectivity index (χ0) is 33.9. The van der Waals surface area contributed by atoms with Gasteiger partial charge in [0.2, 0.25) is 29.5 Å². The van der Waals surface area contributed by atoms with Gasteiger partial charge in [-0.25, -0.2) is 4.79 Å². The maximum atomic E-state index is 13.6. The number of hydrogen-bond acceptors (Lipinski definition) is 10. The monoisotopic (exact) mass is 653 g/mol. The van der Waals surface area contributed by atoms with Crippen LogP contribution in [0.25, 0.3) is 0 Å². The Hall–Kier alpha value is -3.34. The van der Waals surface area contributed by atoms with Crippen molar-refractivity contribution in [3.8, 4) is 0 Å². The molecule has 0 radical (unpaired) electrons. The second-order valence-corrected chi connectivity index (χ2v) is 12.0. The van der Waals surface area contributed by atoms with Gasteiger partial charge in [0.25, 0.3) is 0 Å². The summed E-state index contributed by atoms with van der Waals surface area (Å²) < 4.78 is 0. The van der Waals surface area contributed by atoms with Crippen LogP contribution >= 0.6 is 0 Å². The number of aliphatic carboxylic acids is 1. The topological polar surface area (TPSA) is 264 Å². The molecule has 0 aromatic heterocycles. The molecule has 0 saturated carbocycles. The van der Waals surface area contributed by atoms with E-state index < -0.39 is 53.8 Å². The van der Waals surface area contributed by atoms with Crippen molar-refractivity contribution in [2.24, 2.45) is 17.2 Å². The quantitative estimate of drug-likeness (QED) is 0.0565. The van der Waals surface area contributed by atoms with Gasteiger partial charge in [-0.1, -0.05) is 0 Å². The van der Waals surface area contributed by atoms with Crippen LogP contribution in [0, 0.1) is 0 Å². The highest BCUT2D eigenvalue weighted by Crippen LogP contribution is 2.20. The molecular formula is C30H55N9O7. The molecular weight excluding hydrogens is 598 g/mol. The second kappa shape index (κ2) is 21.5. The van der Waals surface area contributed by atoms with Crippen LogP contribution in [0.4, 0.5) is 0 Å². The number of hydrogen-bond donors (Lipinski definition) is 9. The number of carboxylic acid groups (broad SMARTS) is 1. The smallest absolute Gasteiger partial charge is 0.326 e. The van der Waals surface area contributed by atoms with Crippen molar-refractivity contribution in [2.45, 2.75) is 114 Å². The van der Waals surface area contributed by atoms with Crippen LogP contribution in [-0.2, 0) is 28.8 Å². The number of likely N-dealkylation sites (tertiary alicyclic amines) is 1. The van der Waals surface area contributed by atoms with E-state index in [9.17, 15) is 33.9 Å². The lowest BCUT2D eigenvalue weighted by Crippen LogP contribution is -2.58. The third-order valence-corrected chi connectivity index (χ3v) is 8.36. The Morgan fingerprint density at radius 2 is 1.28 bits per heavy atom. The van der Waals surface area contributed by atoms with Crippen molar-refractivity contribution in [1.82, 2.24) is 31.5 Å². The summed E-state index contributed by atoms with van der Waals surface area (Å²) in [6.45, 7) is 1.88. The van der Waals surface area contributed by atoms with E-state index in [4.69, 9.17) is 17.2 Å². The highest BCUT2D eigenvalue weighted by atomic mass is 16.4. The standard InChI is InChI=1S/C30H55N9O7/c31-14-4-1-9-21(36-25(40)19-35-26(41)20-12-7-17-34-20)27(42)37-22(10-2-5-15-32)28(43)38-23(11-3-6-16-33)29(44)39-18-8-13-24(39)30(45)46/h20-24,34H,1-19,31-33H2,(H,35,41)(H,36,40)(H,37,42)(H,38,43)(H,45,46)/t20-,21-,22-,23-,24-/m0/s1. The van der Waals surface area contributed by atoms with Gasteiger partial charge in [0.1, 0.15) is 24.2 Å². The van der Waals surface area contributed by atoms with E-state index in [1.165, 1.54) is 4.90 Å². The second-order valence-electron chi connectivity index (χ2n) is 12.0. The summed E-state index contributed by atoms with van der Waals surface area (Å²) in [6, 6.07) is -4.34. The van der Waals surface area contributed by atoms with Gasteiger partial charge in [-0.3, -0.25) is 24.0 Å². The summed E-state index contributed by atoms with van der Waals surface area (Å²) in [5, 5.41) is 23.5. The number of unbranched alkanes of at least 4 members (excludes halogenated alkanes) is 3. The Bertz CT molecular complexity index is 1010. The summed E-state index contributed by atoms with van der Waals surface area (Å²) in [6.07, 6.45) is 6.59. The predicted molar refractivity (Wildman–Crippen MR) is 171 cm³/mol. The van der Waals surface area contributed by atoms with Crippen molar-refractivity contribution >= 4 is 35.5 Å². The molecule has 2 heterocycles. The zero-order valence-corrected chi connectivity index (χ0v) is 26.9. The van der Waals surface area contributed by atoms with E-state index in [1.807, 2.05) is 0 Å². The van der Waals surface area contributed by atoms with E-state index in [-0.39, 0.29) is 44.3 Å². The summed E-state index contributed by atoms with van der Waals surface area (Å²) in [7, 11) is 0. The van der Waals surface area contributed by atoms with E-state index >= 15 is 0 Å². The Morgan fingerprint density at radius 1 is 0.739 bits per heavy atom. The molecule has 2 saturated heterocycles. The third kappa shape index (κ3) is 13.2. The molecule has 16 nitrogen and oxygen atoms in total. The number of nitrogens with two attached hydrogens (primary N) is 3. The molecule has 2 aliphatic heterocycles. The van der Waals surface area contributed by atoms with Gasteiger partial charge in [-0.15, -0.1) is 0 Å². The van der Waals surface area contributed by atoms with Crippen LogP contribution in [0.3, 0.4) is 0 Å². The van der Waals surface area contributed by atoms with Crippen molar-refractivity contribution in [3.63, 3.8) is 0 Å². The molecule has 262 valence electrons. The van der Waals surface area contributed by atoms with Gasteiger partial charge < -0.3 is 53.8 Å². The fourth-order valence-electron chi connectivity index (χ4n) is 5.75. The number of rotatable bonds is 22. The molecule has 0 aromatic carbocycles. The first-order valence-electron chi connectivity index (χ1n) is 16.7. The van der Waals surface area contributed by atoms with Crippen LogP contribution < -0.4 is 43.8 Å². The number of nitrogens with zero attached hydrogens (tertiary/aromatic N) is 1. The molecule has 2 rings (SSSR count). The van der Waals surface area contributed by atoms with Crippen molar-refractivity contribution in [1.29, 1.82) is 0 Å². The lowest BCUT2D eigenvalue weighted by Gasteiger charge is -2.29. The predicted octanol–water partition coefficient (Wildman–Crippen LogP) is -2.23. The van der Waals surface area contributed by atoms with Gasteiger partial charge in [-0.2, -0.15) is 0 Å². The van der Waals surface area contributed by atoms with Crippen LogP contribution in [0.1, 0.15) is 83.5 Å². The summed E-state index contributed by atoms with van der Waals surface area (Å²) in [5.41, 5.74) is 16.9. The summed E-state index contributed by atoms with van der Waals surface area (Å²) in [5.74, 6) is -3.59. The normalized spacial score (nSPS) is 19.6. The molecule has 0 unspecified atom stereocenters. The molecule has 0 spiro atoms. The Kier molecular flexibility index (Phi) is 18.1. The fraction of sp³-hybridized carbons (Fsp3) is 0.800. The molecule has 16 heteroatoms. The van der Waals surface area contributed by atoms with E-state index in [0.717, 1.165) is 13.0 Å². The molecule has 2 aliphatic rings. The van der Waals surface area contributed by atoms with Gasteiger partial charge in [0.05, 0.1) is 12.6 Å². The minimum absolute atomic E-state index is 0.230. The van der Waals surface area contributed by atoms with Crippen LogP contribution in [0.5, 0.6) is 0 Å². The molecule has 12 N–H and O–H groups in total. The van der Waals surface area contributed by atoms with E-state index in [0.29, 0.717) is 77.4 Å². The van der Waals surface area contributed by atoms with E-state index in [1.54, 1.807) is 0 Å². The lowest BCUT2D eigenvalue weighted by molar-refractivity contribution is -0.149. The number of nitrogens with one attached hydrogen (secondary N) is 5. The molecule has 5 atom stereocenters. The Labute approximate surface area is 271 Å². The number of carbonyl (C=O) groups excluding carboxylic acids is 5. The number of carboxylic acids is 1.